The zero-order chi connectivity index (χ0) is 17.5. The third-order valence-corrected chi connectivity index (χ3v) is 4.50. The number of carboxylic acids is 1. The Morgan fingerprint density at radius 2 is 1.83 bits per heavy atom. The van der Waals surface area contributed by atoms with Crippen molar-refractivity contribution in [1.82, 2.24) is 9.78 Å². The first kappa shape index (κ1) is 18.0. The molecule has 0 spiro atoms. The standard InChI is InChI=1S/C13H9Cl2F3N2O2S/c1-5-11(23-2)9(12(21)22)19-20(5)10-7(14)3-6(4-8(10)15)13(16,17)18/h3-4H,1-2H3,(H,21,22). The number of carbonyl (C=O) groups is 1. The lowest BCUT2D eigenvalue weighted by atomic mass is 10.2. The Labute approximate surface area is 143 Å². The molecule has 124 valence electrons. The fraction of sp³-hybridized carbons (Fsp3) is 0.231. The van der Waals surface area contributed by atoms with Gasteiger partial charge in [0.15, 0.2) is 5.69 Å². The van der Waals surface area contributed by atoms with E-state index in [0.717, 1.165) is 28.6 Å². The molecule has 0 aliphatic heterocycles. The monoisotopic (exact) mass is 384 g/mol. The molecular weight excluding hydrogens is 376 g/mol. The Bertz CT molecular complexity index is 767. The van der Waals surface area contributed by atoms with Crippen molar-refractivity contribution >= 4 is 40.9 Å². The molecule has 0 saturated carbocycles. The molecule has 2 aromatic rings. The van der Waals surface area contributed by atoms with E-state index in [-0.39, 0.29) is 21.4 Å². The van der Waals surface area contributed by atoms with Crippen molar-refractivity contribution < 1.29 is 23.1 Å². The van der Waals surface area contributed by atoms with Crippen molar-refractivity contribution in [1.29, 1.82) is 0 Å². The van der Waals surface area contributed by atoms with Crippen molar-refractivity contribution in [3.8, 4) is 5.69 Å². The predicted molar refractivity (Wildman–Crippen MR) is 82.1 cm³/mol. The van der Waals surface area contributed by atoms with Crippen LogP contribution in [0.3, 0.4) is 0 Å². The average molecular weight is 385 g/mol. The highest BCUT2D eigenvalue weighted by molar-refractivity contribution is 7.98. The number of benzene rings is 1. The van der Waals surface area contributed by atoms with Crippen LogP contribution in [0.5, 0.6) is 0 Å². The van der Waals surface area contributed by atoms with Gasteiger partial charge in [-0.2, -0.15) is 18.3 Å². The zero-order valence-electron chi connectivity index (χ0n) is 11.7. The van der Waals surface area contributed by atoms with E-state index in [1.807, 2.05) is 0 Å². The lowest BCUT2D eigenvalue weighted by Crippen LogP contribution is -2.08. The van der Waals surface area contributed by atoms with Gasteiger partial charge in [-0.15, -0.1) is 11.8 Å². The number of hydrogen-bond acceptors (Lipinski definition) is 3. The van der Waals surface area contributed by atoms with E-state index in [1.165, 1.54) is 0 Å². The van der Waals surface area contributed by atoms with Crippen LogP contribution in [0.25, 0.3) is 5.69 Å². The summed E-state index contributed by atoms with van der Waals surface area (Å²) in [4.78, 5) is 11.6. The molecule has 4 nitrogen and oxygen atoms in total. The number of rotatable bonds is 3. The lowest BCUT2D eigenvalue weighted by Gasteiger charge is -2.13. The Morgan fingerprint density at radius 1 is 1.30 bits per heavy atom. The molecule has 10 heteroatoms. The molecule has 1 aromatic heterocycles. The molecule has 1 heterocycles. The van der Waals surface area contributed by atoms with Crippen LogP contribution in [0.1, 0.15) is 21.7 Å². The third-order valence-electron chi connectivity index (χ3n) is 3.02. The number of halogens is 5. The van der Waals surface area contributed by atoms with E-state index in [4.69, 9.17) is 28.3 Å². The average Bonchev–Trinajstić information content (AvgIpc) is 2.74. The fourth-order valence-corrected chi connectivity index (χ4v) is 3.37. The van der Waals surface area contributed by atoms with Crippen molar-refractivity contribution in [2.45, 2.75) is 18.0 Å². The fourth-order valence-electron chi connectivity index (χ4n) is 2.02. The van der Waals surface area contributed by atoms with Gasteiger partial charge in [-0.1, -0.05) is 23.2 Å². The quantitative estimate of drug-likeness (QED) is 0.762. The van der Waals surface area contributed by atoms with Crippen molar-refractivity contribution in [2.75, 3.05) is 6.26 Å². The number of alkyl halides is 3. The summed E-state index contributed by atoms with van der Waals surface area (Å²) in [5, 5.41) is 12.5. The number of aromatic nitrogens is 2. The van der Waals surface area contributed by atoms with Gasteiger partial charge in [0.1, 0.15) is 5.69 Å². The number of hydrogen-bond donors (Lipinski definition) is 1. The van der Waals surface area contributed by atoms with Crippen LogP contribution >= 0.6 is 35.0 Å². The Balaban J connectivity index is 2.71. The minimum absolute atomic E-state index is 0.00151. The highest BCUT2D eigenvalue weighted by Gasteiger charge is 2.33. The second-order valence-corrected chi connectivity index (χ2v) is 6.10. The van der Waals surface area contributed by atoms with E-state index < -0.39 is 17.7 Å². The summed E-state index contributed by atoms with van der Waals surface area (Å²) in [5.74, 6) is -1.25. The van der Waals surface area contributed by atoms with Crippen molar-refractivity contribution in [2.24, 2.45) is 0 Å². The first-order valence-electron chi connectivity index (χ1n) is 6.01. The molecule has 0 amide bonds. The van der Waals surface area contributed by atoms with Gasteiger partial charge in [0.25, 0.3) is 0 Å². The number of aromatic carboxylic acids is 1. The molecule has 0 bridgehead atoms. The van der Waals surface area contributed by atoms with Crippen molar-refractivity contribution in [3.05, 3.63) is 39.1 Å². The van der Waals surface area contributed by atoms with Crippen LogP contribution in [-0.2, 0) is 6.18 Å². The molecule has 0 fully saturated rings. The molecule has 1 N–H and O–H groups in total. The smallest absolute Gasteiger partial charge is 0.416 e. The molecule has 1 aromatic carbocycles. The highest BCUT2D eigenvalue weighted by atomic mass is 35.5. The molecule has 0 saturated heterocycles. The zero-order valence-corrected chi connectivity index (χ0v) is 14.0. The molecule has 0 unspecified atom stereocenters. The largest absolute Gasteiger partial charge is 0.476 e. The normalized spacial score (nSPS) is 11.8. The Kier molecular flexibility index (Phi) is 4.89. The van der Waals surface area contributed by atoms with E-state index in [9.17, 15) is 18.0 Å². The van der Waals surface area contributed by atoms with Gasteiger partial charge < -0.3 is 5.11 Å². The van der Waals surface area contributed by atoms with Crippen molar-refractivity contribution in [3.63, 3.8) is 0 Å². The first-order valence-corrected chi connectivity index (χ1v) is 7.99. The lowest BCUT2D eigenvalue weighted by molar-refractivity contribution is -0.137. The maximum absolute atomic E-state index is 12.8. The van der Waals surface area contributed by atoms with Gasteiger partial charge >= 0.3 is 12.1 Å². The summed E-state index contributed by atoms with van der Waals surface area (Å²) >= 11 is 13.0. The van der Waals surface area contributed by atoms with E-state index >= 15 is 0 Å². The van der Waals surface area contributed by atoms with E-state index in [2.05, 4.69) is 5.10 Å². The van der Waals surface area contributed by atoms with Gasteiger partial charge in [0.05, 0.1) is 26.2 Å². The van der Waals surface area contributed by atoms with E-state index in [0.29, 0.717) is 10.6 Å². The molecule has 23 heavy (non-hydrogen) atoms. The van der Waals surface area contributed by atoms with Crippen LogP contribution in [0.4, 0.5) is 13.2 Å². The van der Waals surface area contributed by atoms with Crippen LogP contribution in [0, 0.1) is 6.92 Å². The summed E-state index contributed by atoms with van der Waals surface area (Å²) < 4.78 is 39.4. The second kappa shape index (κ2) is 6.26. The minimum atomic E-state index is -4.60. The molecule has 2 rings (SSSR count). The second-order valence-electron chi connectivity index (χ2n) is 4.47. The maximum atomic E-state index is 12.8. The maximum Gasteiger partial charge on any atom is 0.416 e. The van der Waals surface area contributed by atoms with Gasteiger partial charge in [-0.3, -0.25) is 0 Å². The summed E-state index contributed by atoms with van der Waals surface area (Å²) in [7, 11) is 0. The van der Waals surface area contributed by atoms with Gasteiger partial charge in [0.2, 0.25) is 0 Å². The SMILES string of the molecule is CSc1c(C(=O)O)nn(-c2c(Cl)cc(C(F)(F)F)cc2Cl)c1C. The van der Waals surface area contributed by atoms with Gasteiger partial charge in [-0.05, 0) is 25.3 Å². The predicted octanol–water partition coefficient (Wildman–Crippen LogP) is 4.93. The van der Waals surface area contributed by atoms with Crippen LogP contribution < -0.4 is 0 Å². The molecule has 0 atom stereocenters. The topological polar surface area (TPSA) is 55.1 Å². The number of carboxylic acid groups (broad SMARTS) is 1. The third kappa shape index (κ3) is 3.29. The summed E-state index contributed by atoms with van der Waals surface area (Å²) in [5.41, 5.74) is -0.799. The van der Waals surface area contributed by atoms with Crippen LogP contribution in [-0.4, -0.2) is 27.1 Å². The summed E-state index contributed by atoms with van der Waals surface area (Å²) in [6, 6.07) is 1.45. The molecule has 0 aliphatic rings. The minimum Gasteiger partial charge on any atom is -0.476 e. The van der Waals surface area contributed by atoms with Crippen LogP contribution in [0.2, 0.25) is 10.0 Å². The molecule has 0 aliphatic carbocycles. The molecular formula is C13H9Cl2F3N2O2S. The van der Waals surface area contributed by atoms with Gasteiger partial charge in [-0.25, -0.2) is 9.48 Å². The Hall–Kier alpha value is -1.38. The number of nitrogens with zero attached hydrogens (tertiary/aromatic N) is 2. The Morgan fingerprint density at radius 3 is 2.17 bits per heavy atom. The number of thioether (sulfide) groups is 1. The highest BCUT2D eigenvalue weighted by Crippen LogP contribution is 2.38. The first-order chi connectivity index (χ1) is 10.6. The summed E-state index contributed by atoms with van der Waals surface area (Å²) in [6.45, 7) is 1.58. The van der Waals surface area contributed by atoms with E-state index in [1.54, 1.807) is 13.2 Å². The summed E-state index contributed by atoms with van der Waals surface area (Å²) in [6.07, 6.45) is -2.93. The van der Waals surface area contributed by atoms with Gasteiger partial charge in [0, 0.05) is 0 Å². The molecule has 0 radical (unpaired) electrons. The van der Waals surface area contributed by atoms with Crippen LogP contribution in [0.15, 0.2) is 17.0 Å².